The van der Waals surface area contributed by atoms with Crippen LogP contribution in [0, 0.1) is 29.4 Å². The van der Waals surface area contributed by atoms with Crippen LogP contribution in [0.4, 0.5) is 8.78 Å². The predicted molar refractivity (Wildman–Crippen MR) is 130 cm³/mol. The standard InChI is InChI=1S/C29H40F2O/c1-3-5-21-32-27-20-19-26(28(30)29(27)31)10-7-6-9-23-13-17-25(18-14-23)24-15-11-22(8-4-2)12-16-24/h3,6,9,11,19-20,23-25H,1,4-5,7-8,10,12-18,21H2,2H3. The maximum absolute atomic E-state index is 14.3. The Bertz CT molecular complexity index is 787. The van der Waals surface area contributed by atoms with E-state index in [9.17, 15) is 8.78 Å². The summed E-state index contributed by atoms with van der Waals surface area (Å²) in [7, 11) is 0. The van der Waals surface area contributed by atoms with Crippen LogP contribution in [0.1, 0.15) is 83.1 Å². The highest BCUT2D eigenvalue weighted by atomic mass is 19.2. The van der Waals surface area contributed by atoms with E-state index < -0.39 is 11.6 Å². The first-order valence-electron chi connectivity index (χ1n) is 12.7. The minimum atomic E-state index is -0.881. The molecule has 1 fully saturated rings. The van der Waals surface area contributed by atoms with Crippen molar-refractivity contribution < 1.29 is 13.5 Å². The summed E-state index contributed by atoms with van der Waals surface area (Å²) in [4.78, 5) is 0. The second-order valence-electron chi connectivity index (χ2n) is 9.57. The Balaban J connectivity index is 1.39. The van der Waals surface area contributed by atoms with Gasteiger partial charge in [0, 0.05) is 0 Å². The van der Waals surface area contributed by atoms with E-state index in [2.05, 4.69) is 31.7 Å². The van der Waals surface area contributed by atoms with E-state index in [1.807, 2.05) is 0 Å². The molecular weight excluding hydrogens is 402 g/mol. The Morgan fingerprint density at radius 3 is 2.50 bits per heavy atom. The van der Waals surface area contributed by atoms with Crippen LogP contribution in [0.25, 0.3) is 0 Å². The van der Waals surface area contributed by atoms with Gasteiger partial charge in [-0.2, -0.15) is 4.39 Å². The van der Waals surface area contributed by atoms with Crippen LogP contribution in [0.15, 0.2) is 48.6 Å². The molecule has 0 saturated heterocycles. The van der Waals surface area contributed by atoms with Gasteiger partial charge in [0.05, 0.1) is 6.61 Å². The number of ether oxygens (including phenoxy) is 1. The van der Waals surface area contributed by atoms with Gasteiger partial charge < -0.3 is 4.74 Å². The topological polar surface area (TPSA) is 9.23 Å². The summed E-state index contributed by atoms with van der Waals surface area (Å²) in [6.45, 7) is 6.18. The van der Waals surface area contributed by atoms with Gasteiger partial charge in [0.15, 0.2) is 11.6 Å². The largest absolute Gasteiger partial charge is 0.490 e. The normalized spacial score (nSPS) is 23.8. The Morgan fingerprint density at radius 2 is 1.81 bits per heavy atom. The quantitative estimate of drug-likeness (QED) is 0.246. The molecule has 176 valence electrons. The predicted octanol–water partition coefficient (Wildman–Crippen LogP) is 8.74. The highest BCUT2D eigenvalue weighted by molar-refractivity contribution is 5.31. The van der Waals surface area contributed by atoms with Gasteiger partial charge in [-0.15, -0.1) is 6.58 Å². The third-order valence-electron chi connectivity index (χ3n) is 7.29. The zero-order valence-electron chi connectivity index (χ0n) is 19.8. The molecule has 0 radical (unpaired) electrons. The fraction of sp³-hybridized carbons (Fsp3) is 0.586. The Kier molecular flexibility index (Phi) is 10.0. The van der Waals surface area contributed by atoms with Crippen LogP contribution in [0.3, 0.4) is 0 Å². The molecule has 1 atom stereocenters. The highest BCUT2D eigenvalue weighted by Gasteiger charge is 2.27. The smallest absolute Gasteiger partial charge is 0.200 e. The summed E-state index contributed by atoms with van der Waals surface area (Å²) in [6.07, 6.45) is 22.3. The van der Waals surface area contributed by atoms with Crippen molar-refractivity contribution in [1.82, 2.24) is 0 Å². The molecule has 1 aromatic rings. The van der Waals surface area contributed by atoms with Crippen molar-refractivity contribution in [3.8, 4) is 5.75 Å². The minimum absolute atomic E-state index is 0.0181. The number of allylic oxidation sites excluding steroid dienone is 4. The summed E-state index contributed by atoms with van der Waals surface area (Å²) < 4.78 is 33.8. The molecule has 0 aliphatic heterocycles. The van der Waals surface area contributed by atoms with Crippen LogP contribution in [-0.4, -0.2) is 6.61 Å². The van der Waals surface area contributed by atoms with E-state index in [0.717, 1.165) is 18.3 Å². The molecule has 3 rings (SSSR count). The summed E-state index contributed by atoms with van der Waals surface area (Å²) in [5.41, 5.74) is 2.10. The lowest BCUT2D eigenvalue weighted by atomic mass is 9.71. The van der Waals surface area contributed by atoms with Gasteiger partial charge in [-0.05, 0) is 100 Å². The molecule has 0 amide bonds. The summed E-state index contributed by atoms with van der Waals surface area (Å²) >= 11 is 0. The van der Waals surface area contributed by atoms with E-state index in [1.54, 1.807) is 17.7 Å². The van der Waals surface area contributed by atoms with Crippen LogP contribution in [0.5, 0.6) is 5.75 Å². The van der Waals surface area contributed by atoms with E-state index in [-0.39, 0.29) is 5.75 Å². The molecule has 3 heteroatoms. The minimum Gasteiger partial charge on any atom is -0.490 e. The third kappa shape index (κ3) is 7.05. The molecule has 1 unspecified atom stereocenters. The van der Waals surface area contributed by atoms with Gasteiger partial charge in [-0.25, -0.2) is 4.39 Å². The fourth-order valence-corrected chi connectivity index (χ4v) is 5.35. The molecule has 0 bridgehead atoms. The molecule has 0 heterocycles. The van der Waals surface area contributed by atoms with E-state index in [4.69, 9.17) is 4.74 Å². The fourth-order valence-electron chi connectivity index (χ4n) is 5.35. The Morgan fingerprint density at radius 1 is 1.00 bits per heavy atom. The van der Waals surface area contributed by atoms with Crippen molar-refractivity contribution in [2.45, 2.75) is 84.0 Å². The zero-order chi connectivity index (χ0) is 22.8. The molecule has 1 nitrogen and oxygen atoms in total. The number of aryl methyl sites for hydroxylation is 1. The Labute approximate surface area is 193 Å². The molecule has 1 aromatic carbocycles. The molecule has 2 aliphatic carbocycles. The van der Waals surface area contributed by atoms with E-state index in [1.165, 1.54) is 63.9 Å². The Hall–Kier alpha value is -1.90. The average Bonchev–Trinajstić information content (AvgIpc) is 2.82. The first-order valence-corrected chi connectivity index (χ1v) is 12.7. The maximum Gasteiger partial charge on any atom is 0.200 e. The van der Waals surface area contributed by atoms with Crippen molar-refractivity contribution >= 4 is 0 Å². The van der Waals surface area contributed by atoms with Gasteiger partial charge >= 0.3 is 0 Å². The van der Waals surface area contributed by atoms with Crippen molar-refractivity contribution in [1.29, 1.82) is 0 Å². The van der Waals surface area contributed by atoms with Gasteiger partial charge in [-0.1, -0.05) is 49.3 Å². The van der Waals surface area contributed by atoms with Crippen molar-refractivity contribution in [2.24, 2.45) is 17.8 Å². The van der Waals surface area contributed by atoms with Crippen molar-refractivity contribution in [3.63, 3.8) is 0 Å². The third-order valence-corrected chi connectivity index (χ3v) is 7.29. The molecule has 0 N–H and O–H groups in total. The van der Waals surface area contributed by atoms with Gasteiger partial charge in [0.2, 0.25) is 5.82 Å². The highest BCUT2D eigenvalue weighted by Crippen LogP contribution is 2.40. The van der Waals surface area contributed by atoms with Gasteiger partial charge in [0.1, 0.15) is 0 Å². The number of hydrogen-bond acceptors (Lipinski definition) is 1. The molecular formula is C29H40F2O. The van der Waals surface area contributed by atoms with Crippen molar-refractivity contribution in [3.05, 3.63) is 65.8 Å². The maximum atomic E-state index is 14.3. The molecule has 32 heavy (non-hydrogen) atoms. The summed E-state index contributed by atoms with van der Waals surface area (Å²) in [6, 6.07) is 3.18. The molecule has 0 spiro atoms. The first kappa shape index (κ1) is 24.7. The second-order valence-corrected chi connectivity index (χ2v) is 9.57. The second kappa shape index (κ2) is 13.0. The zero-order valence-corrected chi connectivity index (χ0v) is 19.8. The van der Waals surface area contributed by atoms with E-state index >= 15 is 0 Å². The van der Waals surface area contributed by atoms with Crippen LogP contribution in [-0.2, 0) is 6.42 Å². The molecule has 1 saturated carbocycles. The number of benzene rings is 1. The van der Waals surface area contributed by atoms with E-state index in [0.29, 0.717) is 30.9 Å². The van der Waals surface area contributed by atoms with Gasteiger partial charge in [0.25, 0.3) is 0 Å². The number of hydrogen-bond donors (Lipinski definition) is 0. The SMILES string of the molecule is C=CCCOc1ccc(CCC=CC2CCC(C3CC=C(CCC)CC3)CC2)c(F)c1F. The molecule has 2 aliphatic rings. The lowest BCUT2D eigenvalue weighted by Crippen LogP contribution is -2.22. The first-order chi connectivity index (χ1) is 15.6. The monoisotopic (exact) mass is 442 g/mol. The average molecular weight is 443 g/mol. The van der Waals surface area contributed by atoms with Gasteiger partial charge in [-0.3, -0.25) is 0 Å². The van der Waals surface area contributed by atoms with Crippen LogP contribution < -0.4 is 4.74 Å². The lowest BCUT2D eigenvalue weighted by molar-refractivity contribution is 0.209. The van der Waals surface area contributed by atoms with Crippen LogP contribution >= 0.6 is 0 Å². The number of rotatable bonds is 11. The lowest BCUT2D eigenvalue weighted by Gasteiger charge is -2.34. The summed E-state index contributed by atoms with van der Waals surface area (Å²) in [5, 5.41) is 0. The van der Waals surface area contributed by atoms with Crippen LogP contribution in [0.2, 0.25) is 0 Å². The number of halogens is 2. The van der Waals surface area contributed by atoms with Crippen molar-refractivity contribution in [2.75, 3.05) is 6.61 Å². The summed E-state index contributed by atoms with van der Waals surface area (Å²) in [5.74, 6) is 0.746. The molecule has 0 aromatic heterocycles.